The molecule has 0 saturated carbocycles. The third-order valence-electron chi connectivity index (χ3n) is 6.07. The number of methoxy groups -OCH3 is 2. The van der Waals surface area contributed by atoms with Crippen LogP contribution in [0.2, 0.25) is 0 Å². The molecule has 0 bridgehead atoms. The van der Waals surface area contributed by atoms with Crippen molar-refractivity contribution in [2.45, 2.75) is 13.0 Å². The van der Waals surface area contributed by atoms with Crippen LogP contribution >= 0.6 is 12.4 Å². The Bertz CT molecular complexity index is 1340. The Labute approximate surface area is 202 Å². The molecule has 1 aliphatic carbocycles. The van der Waals surface area contributed by atoms with Crippen molar-refractivity contribution in [2.24, 2.45) is 5.73 Å². The van der Waals surface area contributed by atoms with E-state index in [4.69, 9.17) is 24.7 Å². The first-order valence-corrected chi connectivity index (χ1v) is 10.8. The zero-order valence-corrected chi connectivity index (χ0v) is 19.8. The lowest BCUT2D eigenvalue weighted by molar-refractivity contribution is 0.104. The second kappa shape index (κ2) is 9.54. The summed E-state index contributed by atoms with van der Waals surface area (Å²) in [5.41, 5.74) is 7.58. The minimum Gasteiger partial charge on any atom is -0.493 e. The molecule has 34 heavy (non-hydrogen) atoms. The van der Waals surface area contributed by atoms with E-state index in [0.29, 0.717) is 88.8 Å². The second-order valence-electron chi connectivity index (χ2n) is 7.91. The normalized spacial score (nSPS) is 13.0. The Morgan fingerprint density at radius 3 is 2.26 bits per heavy atom. The highest BCUT2D eigenvalue weighted by Gasteiger charge is 2.35. The van der Waals surface area contributed by atoms with Gasteiger partial charge in [-0.05, 0) is 37.2 Å². The molecule has 0 radical (unpaired) electrons. The number of rotatable bonds is 8. The van der Waals surface area contributed by atoms with Gasteiger partial charge in [-0.3, -0.25) is 9.59 Å². The van der Waals surface area contributed by atoms with Crippen LogP contribution in [0.1, 0.15) is 22.3 Å². The number of hydrogen-bond donors (Lipinski definition) is 2. The monoisotopic (exact) mass is 487 g/mol. The van der Waals surface area contributed by atoms with Gasteiger partial charge in [0.1, 0.15) is 0 Å². The molecule has 1 aliphatic heterocycles. The van der Waals surface area contributed by atoms with Crippen LogP contribution < -0.4 is 35.6 Å². The summed E-state index contributed by atoms with van der Waals surface area (Å²) in [5, 5.41) is 4.19. The van der Waals surface area contributed by atoms with Crippen molar-refractivity contribution in [2.75, 3.05) is 40.6 Å². The van der Waals surface area contributed by atoms with Crippen molar-refractivity contribution in [3.63, 3.8) is 0 Å². The van der Waals surface area contributed by atoms with Crippen LogP contribution in [0.3, 0.4) is 0 Å². The fourth-order valence-electron chi connectivity index (χ4n) is 4.55. The van der Waals surface area contributed by atoms with Crippen molar-refractivity contribution < 1.29 is 23.7 Å². The maximum absolute atomic E-state index is 13.7. The quantitative estimate of drug-likeness (QED) is 0.364. The summed E-state index contributed by atoms with van der Waals surface area (Å²) in [6, 6.07) is 6.83. The summed E-state index contributed by atoms with van der Waals surface area (Å²) in [4.78, 5) is 27.3. The van der Waals surface area contributed by atoms with E-state index in [-0.39, 0.29) is 30.5 Å². The summed E-state index contributed by atoms with van der Waals surface area (Å²) >= 11 is 0. The maximum atomic E-state index is 13.7. The van der Waals surface area contributed by atoms with Gasteiger partial charge in [-0.1, -0.05) is 0 Å². The van der Waals surface area contributed by atoms with Crippen LogP contribution in [0.4, 0.5) is 0 Å². The molecule has 9 nitrogen and oxygen atoms in total. The lowest BCUT2D eigenvalue weighted by Crippen LogP contribution is -2.27. The van der Waals surface area contributed by atoms with Gasteiger partial charge in [0.05, 0.1) is 30.9 Å². The van der Waals surface area contributed by atoms with Gasteiger partial charge in [-0.15, -0.1) is 12.4 Å². The lowest BCUT2D eigenvalue weighted by Gasteiger charge is -2.17. The van der Waals surface area contributed by atoms with Gasteiger partial charge in [-0.25, -0.2) is 0 Å². The number of nitrogens with zero attached hydrogens (tertiary/aromatic N) is 1. The summed E-state index contributed by atoms with van der Waals surface area (Å²) < 4.78 is 23.6. The Morgan fingerprint density at radius 1 is 0.971 bits per heavy atom. The van der Waals surface area contributed by atoms with E-state index in [0.717, 1.165) is 0 Å². The Morgan fingerprint density at radius 2 is 1.62 bits per heavy atom. The van der Waals surface area contributed by atoms with Crippen molar-refractivity contribution >= 4 is 29.0 Å². The first-order chi connectivity index (χ1) is 16.1. The zero-order valence-electron chi connectivity index (χ0n) is 18.9. The van der Waals surface area contributed by atoms with Crippen LogP contribution in [0.5, 0.6) is 23.0 Å². The highest BCUT2D eigenvalue weighted by molar-refractivity contribution is 6.27. The first-order valence-electron chi connectivity index (χ1n) is 10.8. The number of carbonyl (C=O) groups excluding carboxylic acids is 1. The average molecular weight is 488 g/mol. The smallest absolute Gasteiger partial charge is 0.259 e. The van der Waals surface area contributed by atoms with Crippen LogP contribution in [-0.2, 0) is 6.54 Å². The second-order valence-corrected chi connectivity index (χ2v) is 7.91. The molecule has 2 aliphatic rings. The zero-order chi connectivity index (χ0) is 23.1. The molecule has 1 aromatic heterocycles. The number of ketones is 1. The Hall–Kier alpha value is -3.27. The van der Waals surface area contributed by atoms with Crippen LogP contribution in [0.25, 0.3) is 22.0 Å². The minimum absolute atomic E-state index is 0. The molecule has 3 N–H and O–H groups in total. The molecule has 0 fully saturated rings. The van der Waals surface area contributed by atoms with E-state index in [1.807, 2.05) is 0 Å². The number of pyridine rings is 1. The molecule has 3 aromatic rings. The lowest BCUT2D eigenvalue weighted by atomic mass is 10.0. The molecule has 0 saturated heterocycles. The molecule has 0 spiro atoms. The fraction of sp³-hybridized carbons (Fsp3) is 0.333. The molecule has 5 rings (SSSR count). The fourth-order valence-corrected chi connectivity index (χ4v) is 4.55. The van der Waals surface area contributed by atoms with Crippen molar-refractivity contribution in [1.29, 1.82) is 0 Å². The van der Waals surface area contributed by atoms with Gasteiger partial charge in [0.15, 0.2) is 28.8 Å². The van der Waals surface area contributed by atoms with Crippen molar-refractivity contribution in [3.05, 3.63) is 45.7 Å². The van der Waals surface area contributed by atoms with E-state index in [1.54, 1.807) is 28.8 Å². The van der Waals surface area contributed by atoms with Gasteiger partial charge in [0, 0.05) is 36.1 Å². The first kappa shape index (κ1) is 23.9. The molecule has 10 heteroatoms. The predicted molar refractivity (Wildman–Crippen MR) is 130 cm³/mol. The van der Waals surface area contributed by atoms with E-state index in [9.17, 15) is 9.59 Å². The van der Waals surface area contributed by atoms with Crippen LogP contribution in [0, 0.1) is 0 Å². The molecule has 0 atom stereocenters. The molecule has 2 aromatic carbocycles. The molecular weight excluding hydrogens is 462 g/mol. The molecule has 0 amide bonds. The third kappa shape index (κ3) is 3.66. The van der Waals surface area contributed by atoms with E-state index < -0.39 is 0 Å². The highest BCUT2D eigenvalue weighted by atomic mass is 35.5. The maximum Gasteiger partial charge on any atom is 0.259 e. The number of fused-ring (bicyclic) bond motifs is 6. The number of aromatic nitrogens is 1. The summed E-state index contributed by atoms with van der Waals surface area (Å²) in [5.74, 6) is 1.81. The number of halogens is 1. The molecule has 0 unspecified atom stereocenters. The minimum atomic E-state index is -0.193. The predicted octanol–water partition coefficient (Wildman–Crippen LogP) is 2.32. The number of nitrogens with two attached hydrogens (primary N) is 1. The summed E-state index contributed by atoms with van der Waals surface area (Å²) in [7, 11) is 3.04. The van der Waals surface area contributed by atoms with Gasteiger partial charge < -0.3 is 34.6 Å². The van der Waals surface area contributed by atoms with Crippen molar-refractivity contribution in [3.8, 4) is 34.3 Å². The number of nitrogens with one attached hydrogen (secondary N) is 1. The summed E-state index contributed by atoms with van der Waals surface area (Å²) in [6.07, 6.45) is 0.694. The number of hydrogen-bond acceptors (Lipinski definition) is 8. The van der Waals surface area contributed by atoms with E-state index in [2.05, 4.69) is 5.32 Å². The Balaban J connectivity index is 0.00000274. The number of carbonyl (C=O) groups is 1. The van der Waals surface area contributed by atoms with E-state index in [1.165, 1.54) is 14.2 Å². The molecule has 180 valence electrons. The summed E-state index contributed by atoms with van der Waals surface area (Å²) in [6.45, 7) is 2.48. The van der Waals surface area contributed by atoms with Gasteiger partial charge in [0.2, 0.25) is 6.79 Å². The Kier molecular flexibility index (Phi) is 6.70. The highest BCUT2D eigenvalue weighted by Crippen LogP contribution is 2.46. The topological polar surface area (TPSA) is 114 Å². The van der Waals surface area contributed by atoms with Gasteiger partial charge >= 0.3 is 0 Å². The SMILES string of the molecule is COc1cc2c3c(n(CCCNCCN)c(=O)c2cc1OC)-c1cc2c(cc1C3=O)OCO2.Cl. The molecule has 2 heterocycles. The van der Waals surface area contributed by atoms with Crippen LogP contribution in [-0.4, -0.2) is 51.0 Å². The molecular formula is C24H26ClN3O6. The van der Waals surface area contributed by atoms with E-state index >= 15 is 0 Å². The number of ether oxygens (including phenoxy) is 4. The largest absolute Gasteiger partial charge is 0.493 e. The number of benzene rings is 2. The third-order valence-corrected chi connectivity index (χ3v) is 6.07. The van der Waals surface area contributed by atoms with Crippen molar-refractivity contribution in [1.82, 2.24) is 9.88 Å². The standard InChI is InChI=1S/C24H25N3O6.ClH/c1-30-17-8-13-16(11-18(17)31-2)24(29)27(7-3-5-26-6-4-25)22-14-9-19-20(33-12-32-19)10-15(14)23(28)21(13)22;/h8-11,26H,3-7,12,25H2,1-2H3;1H. The van der Waals surface area contributed by atoms with Gasteiger partial charge in [0.25, 0.3) is 5.56 Å². The van der Waals surface area contributed by atoms with Gasteiger partial charge in [-0.2, -0.15) is 0 Å². The average Bonchev–Trinajstić information content (AvgIpc) is 3.40. The van der Waals surface area contributed by atoms with Crippen LogP contribution in [0.15, 0.2) is 29.1 Å².